The van der Waals surface area contributed by atoms with Gasteiger partial charge in [-0.15, -0.1) is 5.10 Å². The van der Waals surface area contributed by atoms with Gasteiger partial charge in [-0.3, -0.25) is 9.59 Å². The Bertz CT molecular complexity index is 669. The van der Waals surface area contributed by atoms with Crippen LogP contribution in [0, 0.1) is 0 Å². The van der Waals surface area contributed by atoms with Crippen molar-refractivity contribution in [3.05, 3.63) is 45.1 Å². The molecular weight excluding hydrogens is 364 g/mol. The number of carboxylic acids is 1. The highest BCUT2D eigenvalue weighted by Gasteiger charge is 2.09. The van der Waals surface area contributed by atoms with Crippen LogP contribution in [0.15, 0.2) is 28.9 Å². The highest BCUT2D eigenvalue weighted by molar-refractivity contribution is 9.10. The molecule has 0 aliphatic carbocycles. The molecule has 1 aromatic carbocycles. The van der Waals surface area contributed by atoms with E-state index in [-0.39, 0.29) is 19.0 Å². The second kappa shape index (κ2) is 6.68. The minimum Gasteiger partial charge on any atom is -0.480 e. The van der Waals surface area contributed by atoms with E-state index in [1.165, 1.54) is 10.9 Å². The molecule has 0 saturated carbocycles. The van der Waals surface area contributed by atoms with E-state index in [0.29, 0.717) is 20.8 Å². The normalized spacial score (nSPS) is 10.4. The Hall–Kier alpha value is -1.93. The van der Waals surface area contributed by atoms with E-state index < -0.39 is 5.97 Å². The Morgan fingerprint density at radius 2 is 2.14 bits per heavy atom. The van der Waals surface area contributed by atoms with Crippen LogP contribution >= 0.6 is 27.5 Å². The topological polar surface area (TPSA) is 97.1 Å². The van der Waals surface area contributed by atoms with Crippen molar-refractivity contribution in [2.24, 2.45) is 0 Å². The van der Waals surface area contributed by atoms with Gasteiger partial charge in [0, 0.05) is 15.1 Å². The number of hydrogen-bond acceptors (Lipinski definition) is 4. The van der Waals surface area contributed by atoms with Gasteiger partial charge in [-0.2, -0.15) is 0 Å². The number of hydrogen-bond donors (Lipinski definition) is 2. The van der Waals surface area contributed by atoms with Crippen molar-refractivity contribution in [3.63, 3.8) is 0 Å². The van der Waals surface area contributed by atoms with E-state index in [1.54, 1.807) is 18.2 Å². The Balaban J connectivity index is 1.97. The molecule has 0 fully saturated rings. The van der Waals surface area contributed by atoms with E-state index in [0.717, 1.165) is 0 Å². The van der Waals surface area contributed by atoms with Crippen LogP contribution < -0.4 is 5.32 Å². The minimum absolute atomic E-state index is 0.141. The zero-order chi connectivity index (χ0) is 15.4. The van der Waals surface area contributed by atoms with Gasteiger partial charge in [0.15, 0.2) is 0 Å². The predicted octanol–water partition coefficient (Wildman–Crippen LogP) is 1.71. The number of aliphatic carboxylic acids is 1. The van der Waals surface area contributed by atoms with Crippen molar-refractivity contribution < 1.29 is 14.7 Å². The van der Waals surface area contributed by atoms with Crippen molar-refractivity contribution in [2.45, 2.75) is 13.1 Å². The SMILES string of the molecule is O=C(O)Cn1cc(CNC(=O)c2cc(Cl)cc(Br)c2)nn1. The molecule has 2 rings (SSSR count). The lowest BCUT2D eigenvalue weighted by Gasteiger charge is -2.04. The largest absolute Gasteiger partial charge is 0.480 e. The second-order valence-electron chi connectivity index (χ2n) is 4.14. The number of carbonyl (C=O) groups excluding carboxylic acids is 1. The molecule has 1 amide bonds. The lowest BCUT2D eigenvalue weighted by Crippen LogP contribution is -2.23. The molecule has 0 aliphatic heterocycles. The number of nitrogens with zero attached hydrogens (tertiary/aromatic N) is 3. The maximum Gasteiger partial charge on any atom is 0.325 e. The van der Waals surface area contributed by atoms with Gasteiger partial charge in [-0.25, -0.2) is 4.68 Å². The van der Waals surface area contributed by atoms with Crippen LogP contribution in [0.3, 0.4) is 0 Å². The molecule has 9 heteroatoms. The quantitative estimate of drug-likeness (QED) is 0.831. The van der Waals surface area contributed by atoms with Crippen molar-refractivity contribution in [1.82, 2.24) is 20.3 Å². The molecular formula is C12H10BrClN4O3. The summed E-state index contributed by atoms with van der Waals surface area (Å²) in [7, 11) is 0. The van der Waals surface area contributed by atoms with E-state index in [1.807, 2.05) is 0 Å². The van der Waals surface area contributed by atoms with Crippen molar-refractivity contribution >= 4 is 39.4 Å². The van der Waals surface area contributed by atoms with E-state index in [2.05, 4.69) is 31.6 Å². The first-order valence-electron chi connectivity index (χ1n) is 5.79. The molecule has 0 unspecified atom stereocenters. The van der Waals surface area contributed by atoms with Gasteiger partial charge in [0.05, 0.1) is 12.7 Å². The summed E-state index contributed by atoms with van der Waals surface area (Å²) in [5.74, 6) is -1.33. The highest BCUT2D eigenvalue weighted by Crippen LogP contribution is 2.19. The summed E-state index contributed by atoms with van der Waals surface area (Å²) in [5.41, 5.74) is 0.873. The van der Waals surface area contributed by atoms with Crippen molar-refractivity contribution in [1.29, 1.82) is 0 Å². The Morgan fingerprint density at radius 3 is 2.81 bits per heavy atom. The standard InChI is InChI=1S/C12H10BrClN4O3/c13-8-1-7(2-9(14)3-8)12(21)15-4-10-5-18(17-16-10)6-11(19)20/h1-3,5H,4,6H2,(H,15,21)(H,19,20). The Labute approximate surface area is 133 Å². The van der Waals surface area contributed by atoms with E-state index >= 15 is 0 Å². The predicted molar refractivity (Wildman–Crippen MR) is 78.0 cm³/mol. The molecule has 0 atom stereocenters. The maximum absolute atomic E-state index is 12.0. The average Bonchev–Trinajstić information content (AvgIpc) is 2.81. The van der Waals surface area contributed by atoms with Crippen LogP contribution in [0.4, 0.5) is 0 Å². The van der Waals surface area contributed by atoms with Crippen LogP contribution in [-0.2, 0) is 17.9 Å². The molecule has 110 valence electrons. The number of aromatic nitrogens is 3. The summed E-state index contributed by atoms with van der Waals surface area (Å²) >= 11 is 9.13. The smallest absolute Gasteiger partial charge is 0.325 e. The monoisotopic (exact) mass is 372 g/mol. The van der Waals surface area contributed by atoms with Crippen molar-refractivity contribution in [2.75, 3.05) is 0 Å². The number of carbonyl (C=O) groups is 2. The van der Waals surface area contributed by atoms with Crippen LogP contribution in [-0.4, -0.2) is 32.0 Å². The minimum atomic E-state index is -1.01. The molecule has 1 heterocycles. The van der Waals surface area contributed by atoms with Crippen LogP contribution in [0.2, 0.25) is 5.02 Å². The average molecular weight is 374 g/mol. The fourth-order valence-corrected chi connectivity index (χ4v) is 2.45. The molecule has 2 N–H and O–H groups in total. The molecule has 0 aliphatic rings. The Kier molecular flexibility index (Phi) is 4.92. The van der Waals surface area contributed by atoms with Gasteiger partial charge < -0.3 is 10.4 Å². The first kappa shape index (κ1) is 15.5. The first-order chi connectivity index (χ1) is 9.94. The van der Waals surface area contributed by atoms with Gasteiger partial charge >= 0.3 is 5.97 Å². The maximum atomic E-state index is 12.0. The van der Waals surface area contributed by atoms with Gasteiger partial charge in [0.2, 0.25) is 0 Å². The van der Waals surface area contributed by atoms with Crippen LogP contribution in [0.25, 0.3) is 0 Å². The molecule has 21 heavy (non-hydrogen) atoms. The fraction of sp³-hybridized carbons (Fsp3) is 0.167. The first-order valence-corrected chi connectivity index (χ1v) is 6.96. The summed E-state index contributed by atoms with van der Waals surface area (Å²) < 4.78 is 1.88. The molecule has 7 nitrogen and oxygen atoms in total. The second-order valence-corrected chi connectivity index (χ2v) is 5.49. The van der Waals surface area contributed by atoms with E-state index in [4.69, 9.17) is 16.7 Å². The lowest BCUT2D eigenvalue weighted by molar-refractivity contribution is -0.137. The summed E-state index contributed by atoms with van der Waals surface area (Å²) in [5, 5.41) is 19.1. The summed E-state index contributed by atoms with van der Waals surface area (Å²) in [6.07, 6.45) is 1.46. The molecule has 0 bridgehead atoms. The zero-order valence-corrected chi connectivity index (χ0v) is 12.9. The van der Waals surface area contributed by atoms with E-state index in [9.17, 15) is 9.59 Å². The fourth-order valence-electron chi connectivity index (χ4n) is 1.59. The number of carboxylic acid groups (broad SMARTS) is 1. The molecule has 0 spiro atoms. The number of benzene rings is 1. The number of halogens is 2. The lowest BCUT2D eigenvalue weighted by atomic mass is 10.2. The van der Waals surface area contributed by atoms with Crippen LogP contribution in [0.5, 0.6) is 0 Å². The summed E-state index contributed by atoms with van der Waals surface area (Å²) in [4.78, 5) is 22.5. The van der Waals surface area contributed by atoms with Gasteiger partial charge in [-0.1, -0.05) is 32.7 Å². The molecule has 2 aromatic rings. The third kappa shape index (κ3) is 4.54. The van der Waals surface area contributed by atoms with Gasteiger partial charge in [0.1, 0.15) is 12.2 Å². The van der Waals surface area contributed by atoms with Gasteiger partial charge in [0.25, 0.3) is 5.91 Å². The number of nitrogens with one attached hydrogen (secondary N) is 1. The molecule has 0 saturated heterocycles. The van der Waals surface area contributed by atoms with Gasteiger partial charge in [-0.05, 0) is 18.2 Å². The van der Waals surface area contributed by atoms with Crippen molar-refractivity contribution in [3.8, 4) is 0 Å². The number of amides is 1. The third-order valence-electron chi connectivity index (χ3n) is 2.44. The highest BCUT2D eigenvalue weighted by atomic mass is 79.9. The van der Waals surface area contributed by atoms with Crippen LogP contribution in [0.1, 0.15) is 16.1 Å². The third-order valence-corrected chi connectivity index (χ3v) is 3.11. The molecule has 0 radical (unpaired) electrons. The molecule has 1 aromatic heterocycles. The number of rotatable bonds is 5. The summed E-state index contributed by atoms with van der Waals surface area (Å²) in [6.45, 7) is -0.134. The zero-order valence-electron chi connectivity index (χ0n) is 10.6. The summed E-state index contributed by atoms with van der Waals surface area (Å²) in [6, 6.07) is 4.86. The Morgan fingerprint density at radius 1 is 1.38 bits per heavy atom.